The van der Waals surface area contributed by atoms with Crippen molar-refractivity contribution in [1.29, 1.82) is 0 Å². The van der Waals surface area contributed by atoms with Crippen molar-refractivity contribution in [3.8, 4) is 0 Å². The smallest absolute Gasteiger partial charge is 0.310 e. The molecule has 2 nitrogen and oxygen atoms in total. The molecule has 4 rings (SSSR count). The molecule has 0 aromatic carbocycles. The van der Waals surface area contributed by atoms with Crippen LogP contribution in [-0.2, 0) is 9.53 Å². The number of esters is 1. The zero-order valence-corrected chi connectivity index (χ0v) is 13.0. The number of carbonyl (C=O) groups is 1. The van der Waals surface area contributed by atoms with Crippen LogP contribution in [0.2, 0.25) is 0 Å². The van der Waals surface area contributed by atoms with Crippen LogP contribution in [0.3, 0.4) is 0 Å². The first-order valence-corrected chi connectivity index (χ1v) is 8.61. The van der Waals surface area contributed by atoms with Gasteiger partial charge in [-0.15, -0.1) is 0 Å². The van der Waals surface area contributed by atoms with E-state index in [9.17, 15) is 4.79 Å². The fourth-order valence-electron chi connectivity index (χ4n) is 4.76. The molecule has 0 atom stereocenters. The molecule has 2 aliphatic carbocycles. The molecule has 0 unspecified atom stereocenters. The Hall–Kier alpha value is -0.790. The summed E-state index contributed by atoms with van der Waals surface area (Å²) in [6, 6.07) is 0. The molecule has 2 saturated heterocycles. The van der Waals surface area contributed by atoms with Gasteiger partial charge in [-0.25, -0.2) is 0 Å². The third-order valence-corrected chi connectivity index (χ3v) is 6.03. The van der Waals surface area contributed by atoms with Crippen molar-refractivity contribution in [2.75, 3.05) is 0 Å². The lowest BCUT2D eigenvalue weighted by Crippen LogP contribution is -2.52. The van der Waals surface area contributed by atoms with E-state index >= 15 is 0 Å². The second-order valence-corrected chi connectivity index (χ2v) is 6.98. The second kappa shape index (κ2) is 5.54. The molecule has 2 bridgehead atoms. The maximum Gasteiger partial charge on any atom is 0.310 e. The van der Waals surface area contributed by atoms with Crippen molar-refractivity contribution in [1.82, 2.24) is 0 Å². The minimum absolute atomic E-state index is 0.0516. The summed E-state index contributed by atoms with van der Waals surface area (Å²) < 4.78 is 6.07. The van der Waals surface area contributed by atoms with E-state index in [1.807, 2.05) is 0 Å². The maximum atomic E-state index is 12.4. The molecule has 0 N–H and O–H groups in total. The summed E-state index contributed by atoms with van der Waals surface area (Å²) in [5.74, 6) is 1.37. The highest BCUT2D eigenvalue weighted by Gasteiger charge is 2.51. The number of allylic oxidation sites excluding steroid dienone is 1. The summed E-state index contributed by atoms with van der Waals surface area (Å²) in [5.41, 5.74) is 2.86. The molecule has 2 heterocycles. The van der Waals surface area contributed by atoms with Gasteiger partial charge in [0.15, 0.2) is 0 Å². The molecule has 2 heteroatoms. The molecule has 20 heavy (non-hydrogen) atoms. The molecular weight excluding hydrogens is 248 g/mol. The first kappa shape index (κ1) is 14.2. The van der Waals surface area contributed by atoms with E-state index in [0.29, 0.717) is 18.3 Å². The van der Waals surface area contributed by atoms with Crippen LogP contribution in [0.25, 0.3) is 0 Å². The third-order valence-electron chi connectivity index (χ3n) is 6.03. The Morgan fingerprint density at radius 3 is 2.40 bits per heavy atom. The zero-order chi connectivity index (χ0) is 14.2. The van der Waals surface area contributed by atoms with Gasteiger partial charge in [0.25, 0.3) is 0 Å². The molecule has 0 aromatic heterocycles. The quantitative estimate of drug-likeness (QED) is 0.536. The summed E-state index contributed by atoms with van der Waals surface area (Å²) >= 11 is 0. The minimum Gasteiger partial charge on any atom is -0.459 e. The Kier molecular flexibility index (Phi) is 3.92. The average Bonchev–Trinajstić information content (AvgIpc) is 2.37. The van der Waals surface area contributed by atoms with Gasteiger partial charge in [0, 0.05) is 0 Å². The van der Waals surface area contributed by atoms with Crippen LogP contribution in [0, 0.1) is 11.8 Å². The number of hydrogen-bond acceptors (Lipinski definition) is 2. The second-order valence-electron chi connectivity index (χ2n) is 6.98. The summed E-state index contributed by atoms with van der Waals surface area (Å²) in [6.07, 6.45) is 11.3. The molecule has 0 amide bonds. The molecule has 0 aromatic rings. The van der Waals surface area contributed by atoms with Gasteiger partial charge < -0.3 is 4.74 Å². The lowest BCUT2D eigenvalue weighted by Gasteiger charge is -2.52. The number of carbonyl (C=O) groups excluding carboxylic acids is 1. The molecule has 112 valence electrons. The van der Waals surface area contributed by atoms with E-state index < -0.39 is 0 Å². The largest absolute Gasteiger partial charge is 0.459 e. The lowest BCUT2D eigenvalue weighted by atomic mass is 9.58. The van der Waals surface area contributed by atoms with Gasteiger partial charge in [-0.05, 0) is 63.2 Å². The predicted octanol–water partition coefficient (Wildman–Crippen LogP) is 4.78. The summed E-state index contributed by atoms with van der Waals surface area (Å²) in [5, 5.41) is 0. The average molecular weight is 276 g/mol. The molecular formula is C18H28O2. The van der Waals surface area contributed by atoms with Crippen LogP contribution in [0.4, 0.5) is 0 Å². The van der Waals surface area contributed by atoms with Crippen molar-refractivity contribution in [3.05, 3.63) is 11.1 Å². The van der Waals surface area contributed by atoms with Gasteiger partial charge >= 0.3 is 5.97 Å². The molecule has 2 aliphatic heterocycles. The van der Waals surface area contributed by atoms with Crippen LogP contribution >= 0.6 is 0 Å². The molecule has 4 aliphatic rings. The van der Waals surface area contributed by atoms with E-state index in [1.165, 1.54) is 43.3 Å². The SMILES string of the molecule is CCC(CC)=C1CC(=O)OC2(CCCCC2)[C@H]2C[C@@H]1C2. The van der Waals surface area contributed by atoms with E-state index in [2.05, 4.69) is 13.8 Å². The Morgan fingerprint density at radius 2 is 1.80 bits per heavy atom. The van der Waals surface area contributed by atoms with Crippen molar-refractivity contribution >= 4 is 5.97 Å². The Morgan fingerprint density at radius 1 is 1.15 bits per heavy atom. The molecule has 4 fully saturated rings. The number of fused-ring (bicyclic) bond motifs is 3. The van der Waals surface area contributed by atoms with Crippen molar-refractivity contribution in [2.24, 2.45) is 11.8 Å². The lowest BCUT2D eigenvalue weighted by molar-refractivity contribution is -0.182. The van der Waals surface area contributed by atoms with Crippen LogP contribution < -0.4 is 0 Å². The highest BCUT2D eigenvalue weighted by atomic mass is 16.6. The highest BCUT2D eigenvalue weighted by Crippen LogP contribution is 2.54. The first-order valence-electron chi connectivity index (χ1n) is 8.61. The Labute approximate surface area is 123 Å². The van der Waals surface area contributed by atoms with E-state index in [0.717, 1.165) is 25.7 Å². The standard InChI is InChI=1S/C18H28O2/c1-3-13(4-2)16-12-17(19)20-18(8-6-5-7-9-18)15-10-14(16)11-15/h14-15H,3-12H2,1-2H3/t14-,15+. The Bertz CT molecular complexity index is 403. The number of hydrogen-bond donors (Lipinski definition) is 0. The number of rotatable bonds is 2. The fraction of sp³-hybridized carbons (Fsp3) is 0.833. The van der Waals surface area contributed by atoms with Gasteiger partial charge in [0.2, 0.25) is 0 Å². The molecule has 2 saturated carbocycles. The van der Waals surface area contributed by atoms with Crippen molar-refractivity contribution in [3.63, 3.8) is 0 Å². The predicted molar refractivity (Wildman–Crippen MR) is 80.3 cm³/mol. The summed E-state index contributed by atoms with van der Waals surface area (Å²) in [6.45, 7) is 4.43. The highest BCUT2D eigenvalue weighted by molar-refractivity contribution is 5.74. The van der Waals surface area contributed by atoms with Crippen LogP contribution in [0.15, 0.2) is 11.1 Å². The minimum atomic E-state index is -0.0735. The first-order chi connectivity index (χ1) is 9.68. The van der Waals surface area contributed by atoms with Crippen molar-refractivity contribution < 1.29 is 9.53 Å². The van der Waals surface area contributed by atoms with E-state index in [1.54, 1.807) is 0 Å². The topological polar surface area (TPSA) is 26.3 Å². The van der Waals surface area contributed by atoms with E-state index in [-0.39, 0.29) is 11.6 Å². The van der Waals surface area contributed by atoms with Gasteiger partial charge in [0.05, 0.1) is 6.42 Å². The number of ether oxygens (including phenoxy) is 1. The summed E-state index contributed by atoms with van der Waals surface area (Å²) in [4.78, 5) is 12.4. The maximum absolute atomic E-state index is 12.4. The van der Waals surface area contributed by atoms with Crippen LogP contribution in [0.1, 0.15) is 78.1 Å². The van der Waals surface area contributed by atoms with Crippen molar-refractivity contribution in [2.45, 2.75) is 83.7 Å². The van der Waals surface area contributed by atoms with Gasteiger partial charge in [-0.3, -0.25) is 4.79 Å². The molecule has 0 radical (unpaired) electrons. The van der Waals surface area contributed by atoms with E-state index in [4.69, 9.17) is 4.74 Å². The van der Waals surface area contributed by atoms with Gasteiger partial charge in [0.1, 0.15) is 5.60 Å². The van der Waals surface area contributed by atoms with Crippen LogP contribution in [0.5, 0.6) is 0 Å². The molecule has 1 spiro atoms. The van der Waals surface area contributed by atoms with Crippen LogP contribution in [-0.4, -0.2) is 11.6 Å². The zero-order valence-electron chi connectivity index (χ0n) is 13.0. The summed E-state index contributed by atoms with van der Waals surface area (Å²) in [7, 11) is 0. The monoisotopic (exact) mass is 276 g/mol. The Balaban J connectivity index is 1.83. The normalized spacial score (nSPS) is 32.1. The van der Waals surface area contributed by atoms with Gasteiger partial charge in [-0.1, -0.05) is 31.4 Å². The van der Waals surface area contributed by atoms with Gasteiger partial charge in [-0.2, -0.15) is 0 Å². The fourth-order valence-corrected chi connectivity index (χ4v) is 4.76. The third kappa shape index (κ3) is 2.31.